The maximum atomic E-state index is 12.1. The summed E-state index contributed by atoms with van der Waals surface area (Å²) in [7, 11) is 0. The lowest BCUT2D eigenvalue weighted by Crippen LogP contribution is -2.25. The molecule has 0 saturated heterocycles. The first-order valence-corrected chi connectivity index (χ1v) is 7.11. The van der Waals surface area contributed by atoms with Gasteiger partial charge in [0.1, 0.15) is 0 Å². The summed E-state index contributed by atoms with van der Waals surface area (Å²) in [5.41, 5.74) is 0.957. The highest BCUT2D eigenvalue weighted by molar-refractivity contribution is 5.91. The van der Waals surface area contributed by atoms with E-state index in [1.807, 2.05) is 30.3 Å². The van der Waals surface area contributed by atoms with Crippen molar-refractivity contribution in [2.45, 2.75) is 32.1 Å². The summed E-state index contributed by atoms with van der Waals surface area (Å²) in [6.07, 6.45) is 5.47. The van der Waals surface area contributed by atoms with Gasteiger partial charge in [-0.2, -0.15) is 4.98 Å². The summed E-state index contributed by atoms with van der Waals surface area (Å²) in [5, 5.41) is 9.72. The SMILES string of the molecule is O=C(Nc1n[nH]c(-c2ccccc2)n1)C1CCCCC1. The van der Waals surface area contributed by atoms with Gasteiger partial charge in [-0.15, -0.1) is 5.10 Å². The third-order valence-electron chi connectivity index (χ3n) is 3.74. The Hall–Kier alpha value is -2.17. The van der Waals surface area contributed by atoms with Crippen LogP contribution in [0.25, 0.3) is 11.4 Å². The van der Waals surface area contributed by atoms with Crippen LogP contribution >= 0.6 is 0 Å². The first kappa shape index (κ1) is 12.8. The lowest BCUT2D eigenvalue weighted by molar-refractivity contribution is -0.120. The van der Waals surface area contributed by atoms with Crippen molar-refractivity contribution in [1.29, 1.82) is 0 Å². The van der Waals surface area contributed by atoms with Gasteiger partial charge in [0.05, 0.1) is 0 Å². The number of rotatable bonds is 3. The van der Waals surface area contributed by atoms with Crippen molar-refractivity contribution >= 4 is 11.9 Å². The molecule has 20 heavy (non-hydrogen) atoms. The van der Waals surface area contributed by atoms with Gasteiger partial charge < -0.3 is 0 Å². The van der Waals surface area contributed by atoms with Crippen molar-refractivity contribution in [1.82, 2.24) is 15.2 Å². The van der Waals surface area contributed by atoms with Gasteiger partial charge in [-0.05, 0) is 12.8 Å². The second-order valence-corrected chi connectivity index (χ2v) is 5.20. The number of benzene rings is 1. The van der Waals surface area contributed by atoms with Crippen LogP contribution in [0.3, 0.4) is 0 Å². The fourth-order valence-corrected chi connectivity index (χ4v) is 2.62. The van der Waals surface area contributed by atoms with Crippen molar-refractivity contribution in [2.24, 2.45) is 5.92 Å². The number of anilines is 1. The minimum absolute atomic E-state index is 0.0447. The van der Waals surface area contributed by atoms with Crippen molar-refractivity contribution < 1.29 is 4.79 Å². The molecule has 0 atom stereocenters. The smallest absolute Gasteiger partial charge is 0.249 e. The number of H-pyrrole nitrogens is 1. The number of carbonyl (C=O) groups excluding carboxylic acids is 1. The molecular weight excluding hydrogens is 252 g/mol. The van der Waals surface area contributed by atoms with Gasteiger partial charge in [-0.25, -0.2) is 0 Å². The summed E-state index contributed by atoms with van der Waals surface area (Å²) >= 11 is 0. The topological polar surface area (TPSA) is 70.7 Å². The average molecular weight is 270 g/mol. The second kappa shape index (κ2) is 5.86. The molecule has 5 heteroatoms. The number of nitrogens with one attached hydrogen (secondary N) is 2. The van der Waals surface area contributed by atoms with Gasteiger partial charge in [0.2, 0.25) is 11.9 Å². The van der Waals surface area contributed by atoms with Crippen LogP contribution in [0.5, 0.6) is 0 Å². The Morgan fingerprint density at radius 1 is 1.15 bits per heavy atom. The van der Waals surface area contributed by atoms with E-state index >= 15 is 0 Å². The monoisotopic (exact) mass is 270 g/mol. The summed E-state index contributed by atoms with van der Waals surface area (Å²) in [5.74, 6) is 1.19. The molecule has 3 rings (SSSR count). The quantitative estimate of drug-likeness (QED) is 0.900. The van der Waals surface area contributed by atoms with Crippen LogP contribution < -0.4 is 5.32 Å². The summed E-state index contributed by atoms with van der Waals surface area (Å²) < 4.78 is 0. The molecule has 1 aromatic carbocycles. The Kier molecular flexibility index (Phi) is 3.76. The fraction of sp³-hybridized carbons (Fsp3) is 0.400. The Morgan fingerprint density at radius 3 is 2.65 bits per heavy atom. The van der Waals surface area contributed by atoms with Crippen molar-refractivity contribution in [3.05, 3.63) is 30.3 Å². The summed E-state index contributed by atoms with van der Waals surface area (Å²) in [6.45, 7) is 0. The van der Waals surface area contributed by atoms with Crippen LogP contribution in [0.4, 0.5) is 5.95 Å². The lowest BCUT2D eigenvalue weighted by Gasteiger charge is -2.19. The highest BCUT2D eigenvalue weighted by Crippen LogP contribution is 2.24. The molecule has 2 aromatic rings. The molecule has 1 aliphatic rings. The van der Waals surface area contributed by atoms with Crippen LogP contribution in [0.2, 0.25) is 0 Å². The van der Waals surface area contributed by atoms with E-state index in [1.165, 1.54) is 6.42 Å². The summed E-state index contributed by atoms with van der Waals surface area (Å²) in [6, 6.07) is 9.74. The van der Waals surface area contributed by atoms with E-state index in [4.69, 9.17) is 0 Å². The molecule has 2 N–H and O–H groups in total. The zero-order chi connectivity index (χ0) is 13.8. The van der Waals surface area contributed by atoms with Crippen LogP contribution in [0.1, 0.15) is 32.1 Å². The predicted octanol–water partition coefficient (Wildman–Crippen LogP) is 2.99. The molecule has 1 aromatic heterocycles. The van der Waals surface area contributed by atoms with Crippen LogP contribution in [-0.4, -0.2) is 21.1 Å². The standard InChI is InChI=1S/C15H18N4O/c20-14(12-9-5-2-6-10-12)17-15-16-13(18-19-15)11-7-3-1-4-8-11/h1,3-4,7-8,12H,2,5-6,9-10H2,(H2,16,17,18,19,20). The molecule has 5 nitrogen and oxygen atoms in total. The highest BCUT2D eigenvalue weighted by atomic mass is 16.2. The zero-order valence-corrected chi connectivity index (χ0v) is 11.3. The van der Waals surface area contributed by atoms with Gasteiger partial charge >= 0.3 is 0 Å². The first-order chi connectivity index (χ1) is 9.83. The van der Waals surface area contributed by atoms with Crippen molar-refractivity contribution in [2.75, 3.05) is 5.32 Å². The Balaban J connectivity index is 1.66. The predicted molar refractivity (Wildman–Crippen MR) is 77.0 cm³/mol. The van der Waals surface area contributed by atoms with E-state index in [-0.39, 0.29) is 11.8 Å². The maximum absolute atomic E-state index is 12.1. The fourth-order valence-electron chi connectivity index (χ4n) is 2.62. The van der Waals surface area contributed by atoms with Crippen molar-refractivity contribution in [3.8, 4) is 11.4 Å². The second-order valence-electron chi connectivity index (χ2n) is 5.20. The third kappa shape index (κ3) is 2.87. The number of amides is 1. The summed E-state index contributed by atoms with van der Waals surface area (Å²) in [4.78, 5) is 16.4. The van der Waals surface area contributed by atoms with Gasteiger partial charge in [0.25, 0.3) is 0 Å². The number of hydrogen-bond acceptors (Lipinski definition) is 3. The van der Waals surface area contributed by atoms with Crippen LogP contribution in [0.15, 0.2) is 30.3 Å². The number of nitrogens with zero attached hydrogens (tertiary/aromatic N) is 2. The highest BCUT2D eigenvalue weighted by Gasteiger charge is 2.22. The molecule has 0 bridgehead atoms. The van der Waals surface area contributed by atoms with Crippen molar-refractivity contribution in [3.63, 3.8) is 0 Å². The van der Waals surface area contributed by atoms with Gasteiger partial charge in [0.15, 0.2) is 5.82 Å². The molecule has 1 amide bonds. The number of hydrogen-bond donors (Lipinski definition) is 2. The van der Waals surface area contributed by atoms with E-state index < -0.39 is 0 Å². The molecule has 0 radical (unpaired) electrons. The van der Waals surface area contributed by atoms with Crippen LogP contribution in [-0.2, 0) is 4.79 Å². The normalized spacial score (nSPS) is 16.0. The minimum Gasteiger partial charge on any atom is -0.293 e. The van der Waals surface area contributed by atoms with E-state index in [0.29, 0.717) is 11.8 Å². The Labute approximate surface area is 117 Å². The van der Waals surface area contributed by atoms with Crippen LogP contribution in [0, 0.1) is 5.92 Å². The molecule has 1 aliphatic carbocycles. The minimum atomic E-state index is 0.0447. The van der Waals surface area contributed by atoms with Gasteiger partial charge in [-0.3, -0.25) is 15.2 Å². The Morgan fingerprint density at radius 2 is 1.90 bits per heavy atom. The lowest BCUT2D eigenvalue weighted by atomic mass is 9.89. The molecule has 1 heterocycles. The molecule has 1 fully saturated rings. The molecule has 104 valence electrons. The van der Waals surface area contributed by atoms with E-state index in [0.717, 1.165) is 31.2 Å². The maximum Gasteiger partial charge on any atom is 0.249 e. The molecule has 1 saturated carbocycles. The van der Waals surface area contributed by atoms with E-state index in [2.05, 4.69) is 20.5 Å². The average Bonchev–Trinajstić information content (AvgIpc) is 2.97. The molecule has 0 spiro atoms. The number of aromatic nitrogens is 3. The van der Waals surface area contributed by atoms with Gasteiger partial charge in [-0.1, -0.05) is 49.6 Å². The molecule has 0 unspecified atom stereocenters. The Bertz CT molecular complexity index is 573. The largest absolute Gasteiger partial charge is 0.293 e. The van der Waals surface area contributed by atoms with E-state index in [9.17, 15) is 4.79 Å². The molecule has 0 aliphatic heterocycles. The molecular formula is C15H18N4O. The number of carbonyl (C=O) groups is 1. The van der Waals surface area contributed by atoms with E-state index in [1.54, 1.807) is 0 Å². The number of aromatic amines is 1. The third-order valence-corrected chi connectivity index (χ3v) is 3.74. The van der Waals surface area contributed by atoms with Gasteiger partial charge in [0, 0.05) is 11.5 Å². The first-order valence-electron chi connectivity index (χ1n) is 7.11. The zero-order valence-electron chi connectivity index (χ0n) is 11.3.